The third kappa shape index (κ3) is 3.25. The summed E-state index contributed by atoms with van der Waals surface area (Å²) in [5.74, 6) is 0. The summed E-state index contributed by atoms with van der Waals surface area (Å²) in [6.07, 6.45) is 4.94. The molecule has 0 aliphatic rings. The van der Waals surface area contributed by atoms with Gasteiger partial charge in [0.1, 0.15) is 0 Å². The van der Waals surface area contributed by atoms with Crippen molar-refractivity contribution in [2.24, 2.45) is 0 Å². The number of halogens is 1. The van der Waals surface area contributed by atoms with Crippen LogP contribution in [0.25, 0.3) is 0 Å². The average molecular weight is 323 g/mol. The molecule has 0 fully saturated rings. The van der Waals surface area contributed by atoms with Crippen LogP contribution < -0.4 is 4.90 Å². The van der Waals surface area contributed by atoms with Gasteiger partial charge in [-0.1, -0.05) is 0 Å². The van der Waals surface area contributed by atoms with Crippen molar-refractivity contribution in [3.05, 3.63) is 57.1 Å². The Kier molecular flexibility index (Phi) is 4.06. The molecule has 0 unspecified atom stereocenters. The third-order valence-electron chi connectivity index (χ3n) is 2.57. The number of non-ortho nitro benzene ring substituents is 1. The van der Waals surface area contributed by atoms with Gasteiger partial charge in [-0.05, 0) is 22.0 Å². The lowest BCUT2D eigenvalue weighted by molar-refractivity contribution is -0.384. The lowest BCUT2D eigenvalue weighted by Gasteiger charge is -2.19. The molecule has 0 atom stereocenters. The van der Waals surface area contributed by atoms with Crippen LogP contribution in [0, 0.1) is 10.1 Å². The van der Waals surface area contributed by atoms with E-state index in [2.05, 4.69) is 25.9 Å². The molecule has 98 valence electrons. The smallest absolute Gasteiger partial charge is 0.270 e. The Morgan fingerprint density at radius 2 is 2.21 bits per heavy atom. The Balaban J connectivity index is 2.20. The van der Waals surface area contributed by atoms with Gasteiger partial charge in [0, 0.05) is 36.0 Å². The van der Waals surface area contributed by atoms with E-state index in [9.17, 15) is 10.1 Å². The lowest BCUT2D eigenvalue weighted by atomic mass is 10.2. The summed E-state index contributed by atoms with van der Waals surface area (Å²) in [6, 6.07) is 4.67. The van der Waals surface area contributed by atoms with Crippen molar-refractivity contribution in [2.75, 3.05) is 11.9 Å². The first-order chi connectivity index (χ1) is 9.08. The Bertz CT molecular complexity index is 592. The molecule has 1 heterocycles. The molecule has 7 heteroatoms. The van der Waals surface area contributed by atoms with E-state index in [1.807, 2.05) is 11.9 Å². The topological polar surface area (TPSA) is 72.2 Å². The molecule has 1 aromatic carbocycles. The molecule has 1 aromatic heterocycles. The van der Waals surface area contributed by atoms with Crippen LogP contribution in [0.15, 0.2) is 41.3 Å². The number of hydrogen-bond acceptors (Lipinski definition) is 5. The van der Waals surface area contributed by atoms with Gasteiger partial charge in [0.15, 0.2) is 0 Å². The Morgan fingerprint density at radius 1 is 1.42 bits per heavy atom. The zero-order chi connectivity index (χ0) is 13.8. The van der Waals surface area contributed by atoms with E-state index in [0.29, 0.717) is 11.0 Å². The van der Waals surface area contributed by atoms with Crippen molar-refractivity contribution in [3.63, 3.8) is 0 Å². The van der Waals surface area contributed by atoms with Crippen LogP contribution in [0.5, 0.6) is 0 Å². The highest BCUT2D eigenvalue weighted by Gasteiger charge is 2.12. The van der Waals surface area contributed by atoms with Crippen LogP contribution >= 0.6 is 15.9 Å². The maximum Gasteiger partial charge on any atom is 0.270 e. The normalized spacial score (nSPS) is 10.2. The van der Waals surface area contributed by atoms with Crippen molar-refractivity contribution in [2.45, 2.75) is 6.54 Å². The fourth-order valence-electron chi connectivity index (χ4n) is 1.66. The van der Waals surface area contributed by atoms with Crippen LogP contribution in [-0.4, -0.2) is 21.9 Å². The van der Waals surface area contributed by atoms with Gasteiger partial charge in [-0.2, -0.15) is 0 Å². The zero-order valence-electron chi connectivity index (χ0n) is 10.2. The summed E-state index contributed by atoms with van der Waals surface area (Å²) in [5.41, 5.74) is 1.75. The summed E-state index contributed by atoms with van der Waals surface area (Å²) >= 11 is 3.35. The highest BCUT2D eigenvalue weighted by atomic mass is 79.9. The van der Waals surface area contributed by atoms with Crippen molar-refractivity contribution in [1.82, 2.24) is 9.97 Å². The molecule has 0 bridgehead atoms. The number of aromatic nitrogens is 2. The van der Waals surface area contributed by atoms with Gasteiger partial charge in [0.05, 0.1) is 29.0 Å². The molecule has 0 N–H and O–H groups in total. The average Bonchev–Trinajstić information content (AvgIpc) is 2.39. The summed E-state index contributed by atoms with van der Waals surface area (Å²) in [4.78, 5) is 20.4. The quantitative estimate of drug-likeness (QED) is 0.639. The fourth-order valence-corrected chi connectivity index (χ4v) is 2.33. The largest absolute Gasteiger partial charge is 0.368 e. The van der Waals surface area contributed by atoms with Crippen LogP contribution in [0.1, 0.15) is 5.69 Å². The second kappa shape index (κ2) is 5.75. The van der Waals surface area contributed by atoms with Crippen LogP contribution in [-0.2, 0) is 6.54 Å². The van der Waals surface area contributed by atoms with Crippen LogP contribution in [0.3, 0.4) is 0 Å². The number of rotatable bonds is 4. The molecule has 0 radical (unpaired) electrons. The first kappa shape index (κ1) is 13.4. The summed E-state index contributed by atoms with van der Waals surface area (Å²) < 4.78 is 0.674. The number of nitro benzene ring substituents is 1. The van der Waals surface area contributed by atoms with E-state index in [-0.39, 0.29) is 5.69 Å². The van der Waals surface area contributed by atoms with Crippen molar-refractivity contribution in [1.29, 1.82) is 0 Å². The first-order valence-electron chi connectivity index (χ1n) is 5.48. The van der Waals surface area contributed by atoms with Crippen LogP contribution in [0.4, 0.5) is 11.4 Å². The van der Waals surface area contributed by atoms with Gasteiger partial charge >= 0.3 is 0 Å². The molecule has 0 aliphatic heterocycles. The predicted octanol–water partition coefficient (Wildman–Crippen LogP) is 2.78. The first-order valence-corrected chi connectivity index (χ1v) is 6.27. The van der Waals surface area contributed by atoms with Crippen molar-refractivity contribution in [3.8, 4) is 0 Å². The summed E-state index contributed by atoms with van der Waals surface area (Å²) in [6.45, 7) is 0.574. The SMILES string of the molecule is CN(Cc1cnccn1)c1ccc([N+](=O)[O-])cc1Br. The van der Waals surface area contributed by atoms with E-state index >= 15 is 0 Å². The van der Waals surface area contributed by atoms with E-state index in [1.54, 1.807) is 24.7 Å². The van der Waals surface area contributed by atoms with Gasteiger partial charge < -0.3 is 4.90 Å². The molecular weight excluding hydrogens is 312 g/mol. The number of hydrogen-bond donors (Lipinski definition) is 0. The minimum absolute atomic E-state index is 0.0588. The van der Waals surface area contributed by atoms with Gasteiger partial charge in [0.25, 0.3) is 5.69 Å². The van der Waals surface area contributed by atoms with E-state index in [1.165, 1.54) is 12.1 Å². The number of nitro groups is 1. The molecular formula is C12H11BrN4O2. The molecule has 19 heavy (non-hydrogen) atoms. The predicted molar refractivity (Wildman–Crippen MR) is 74.9 cm³/mol. The molecule has 2 aromatic rings. The zero-order valence-corrected chi connectivity index (χ0v) is 11.7. The van der Waals surface area contributed by atoms with Gasteiger partial charge in [-0.25, -0.2) is 0 Å². The second-order valence-electron chi connectivity index (χ2n) is 3.95. The Hall–Kier alpha value is -2.02. The maximum absolute atomic E-state index is 10.7. The highest BCUT2D eigenvalue weighted by Crippen LogP contribution is 2.30. The van der Waals surface area contributed by atoms with E-state index in [4.69, 9.17) is 0 Å². The van der Waals surface area contributed by atoms with Crippen molar-refractivity contribution >= 4 is 27.3 Å². The number of nitrogens with zero attached hydrogens (tertiary/aromatic N) is 4. The molecule has 2 rings (SSSR count). The summed E-state index contributed by atoms with van der Waals surface area (Å²) in [5, 5.41) is 10.7. The van der Waals surface area contributed by atoms with E-state index < -0.39 is 4.92 Å². The number of benzene rings is 1. The van der Waals surface area contributed by atoms with Crippen molar-refractivity contribution < 1.29 is 4.92 Å². The minimum Gasteiger partial charge on any atom is -0.368 e. The standard InChI is InChI=1S/C12H11BrN4O2/c1-16(8-9-7-14-4-5-15-9)12-3-2-10(17(18)19)6-11(12)13/h2-7H,8H2,1H3. The fraction of sp³-hybridized carbons (Fsp3) is 0.167. The molecule has 0 saturated heterocycles. The molecule has 6 nitrogen and oxygen atoms in total. The molecule has 0 saturated carbocycles. The highest BCUT2D eigenvalue weighted by molar-refractivity contribution is 9.10. The molecule has 0 amide bonds. The second-order valence-corrected chi connectivity index (χ2v) is 4.80. The third-order valence-corrected chi connectivity index (χ3v) is 3.20. The van der Waals surface area contributed by atoms with Crippen LogP contribution in [0.2, 0.25) is 0 Å². The minimum atomic E-state index is -0.419. The van der Waals surface area contributed by atoms with E-state index in [0.717, 1.165) is 11.4 Å². The molecule has 0 spiro atoms. The number of anilines is 1. The maximum atomic E-state index is 10.7. The summed E-state index contributed by atoms with van der Waals surface area (Å²) in [7, 11) is 1.89. The van der Waals surface area contributed by atoms with Gasteiger partial charge in [-0.15, -0.1) is 0 Å². The molecule has 0 aliphatic carbocycles. The van der Waals surface area contributed by atoms with Gasteiger partial charge in [0.2, 0.25) is 0 Å². The Labute approximate surface area is 118 Å². The Morgan fingerprint density at radius 3 is 2.79 bits per heavy atom. The monoisotopic (exact) mass is 322 g/mol. The lowest BCUT2D eigenvalue weighted by Crippen LogP contribution is -2.17. The van der Waals surface area contributed by atoms with Gasteiger partial charge in [-0.3, -0.25) is 20.1 Å².